The van der Waals surface area contributed by atoms with Gasteiger partial charge in [0.15, 0.2) is 0 Å². The Balaban J connectivity index is 1.43. The van der Waals surface area contributed by atoms with Crippen LogP contribution in [0, 0.1) is 16.7 Å². The Morgan fingerprint density at radius 3 is 2.84 bits per heavy atom. The predicted molar refractivity (Wildman–Crippen MR) is 118 cm³/mol. The number of pyridine rings is 2. The third kappa shape index (κ3) is 4.77. The Bertz CT molecular complexity index is 1130. The Kier molecular flexibility index (Phi) is 5.76. The van der Waals surface area contributed by atoms with Crippen molar-refractivity contribution < 1.29 is 9.53 Å². The zero-order valence-electron chi connectivity index (χ0n) is 17.8. The van der Waals surface area contributed by atoms with Crippen molar-refractivity contribution in [3.8, 4) is 22.9 Å². The van der Waals surface area contributed by atoms with Crippen molar-refractivity contribution in [2.24, 2.45) is 5.41 Å². The Labute approximate surface area is 181 Å². The van der Waals surface area contributed by atoms with Crippen molar-refractivity contribution in [2.45, 2.75) is 33.1 Å². The molecule has 1 fully saturated rings. The lowest BCUT2D eigenvalue weighted by Gasteiger charge is -2.11. The van der Waals surface area contributed by atoms with Gasteiger partial charge in [0.1, 0.15) is 17.6 Å². The van der Waals surface area contributed by atoms with E-state index in [0.717, 1.165) is 35.3 Å². The molecule has 3 aromatic heterocycles. The fourth-order valence-corrected chi connectivity index (χ4v) is 3.54. The van der Waals surface area contributed by atoms with E-state index in [9.17, 15) is 10.1 Å². The molecule has 0 aliphatic heterocycles. The average Bonchev–Trinajstić information content (AvgIpc) is 3.33. The van der Waals surface area contributed by atoms with E-state index in [0.29, 0.717) is 37.4 Å². The number of amides is 1. The molecule has 2 N–H and O–H groups in total. The van der Waals surface area contributed by atoms with Crippen molar-refractivity contribution in [3.63, 3.8) is 0 Å². The average molecular weight is 419 g/mol. The Hall–Kier alpha value is -3.60. The largest absolute Gasteiger partial charge is 0.492 e. The highest BCUT2D eigenvalue weighted by Gasteiger charge is 2.38. The number of nitrogens with zero attached hydrogens (tertiary/aromatic N) is 4. The first kappa shape index (κ1) is 20.7. The third-order valence-electron chi connectivity index (χ3n) is 5.54. The van der Waals surface area contributed by atoms with Gasteiger partial charge in [-0.3, -0.25) is 4.79 Å². The highest BCUT2D eigenvalue weighted by molar-refractivity contribution is 5.85. The van der Waals surface area contributed by atoms with Crippen LogP contribution in [-0.2, 0) is 4.79 Å². The van der Waals surface area contributed by atoms with Crippen LogP contribution in [0.4, 0.5) is 5.82 Å². The molecule has 1 amide bonds. The van der Waals surface area contributed by atoms with Gasteiger partial charge in [-0.05, 0) is 43.4 Å². The number of rotatable bonds is 9. The number of ether oxygens (including phenoxy) is 1. The topological polar surface area (TPSA) is 104 Å². The lowest BCUT2D eigenvalue weighted by Crippen LogP contribution is -2.30. The summed E-state index contributed by atoms with van der Waals surface area (Å²) in [5.41, 5.74) is 3.14. The predicted octanol–water partition coefficient (Wildman–Crippen LogP) is 3.38. The molecule has 0 bridgehead atoms. The standard InChI is InChI=1S/C23H26N6O2/c1-3-31-18-10-19(22-17(12-24)14-28-29(22)15-18)16-4-5-20(27-13-16)25-8-9-26-21(30)11-23(2)6-7-23/h4-5,10,13-15H,3,6-9,11H2,1-2H3,(H,25,27)(H,26,30). The third-order valence-corrected chi connectivity index (χ3v) is 5.54. The van der Waals surface area contributed by atoms with Crippen LogP contribution >= 0.6 is 0 Å². The molecule has 8 nitrogen and oxygen atoms in total. The van der Waals surface area contributed by atoms with E-state index in [1.54, 1.807) is 23.1 Å². The number of hydrogen-bond acceptors (Lipinski definition) is 6. The summed E-state index contributed by atoms with van der Waals surface area (Å²) in [6.07, 6.45) is 7.97. The molecule has 1 saturated carbocycles. The summed E-state index contributed by atoms with van der Waals surface area (Å²) in [7, 11) is 0. The number of nitriles is 1. The fraction of sp³-hybridized carbons (Fsp3) is 0.391. The van der Waals surface area contributed by atoms with E-state index in [2.05, 4.69) is 33.7 Å². The second-order valence-electron chi connectivity index (χ2n) is 8.18. The van der Waals surface area contributed by atoms with E-state index in [4.69, 9.17) is 4.74 Å². The molecule has 3 aromatic rings. The summed E-state index contributed by atoms with van der Waals surface area (Å²) in [6, 6.07) is 7.93. The first-order valence-corrected chi connectivity index (χ1v) is 10.5. The molecule has 0 saturated heterocycles. The molecule has 0 atom stereocenters. The van der Waals surface area contributed by atoms with Gasteiger partial charge in [-0.1, -0.05) is 6.92 Å². The number of anilines is 1. The van der Waals surface area contributed by atoms with E-state index in [1.165, 1.54) is 0 Å². The summed E-state index contributed by atoms with van der Waals surface area (Å²) in [6.45, 7) is 5.76. The fourth-order valence-electron chi connectivity index (χ4n) is 3.54. The van der Waals surface area contributed by atoms with Gasteiger partial charge in [0, 0.05) is 36.8 Å². The smallest absolute Gasteiger partial charge is 0.220 e. The van der Waals surface area contributed by atoms with E-state index in [1.807, 2.05) is 25.1 Å². The number of aromatic nitrogens is 3. The van der Waals surface area contributed by atoms with E-state index < -0.39 is 0 Å². The Morgan fingerprint density at radius 1 is 1.32 bits per heavy atom. The molecule has 0 aromatic carbocycles. The summed E-state index contributed by atoms with van der Waals surface area (Å²) >= 11 is 0. The van der Waals surface area contributed by atoms with Crippen molar-refractivity contribution in [2.75, 3.05) is 25.0 Å². The summed E-state index contributed by atoms with van der Waals surface area (Å²) in [5, 5.41) is 19.9. The molecule has 160 valence electrons. The van der Waals surface area contributed by atoms with Crippen LogP contribution in [0.3, 0.4) is 0 Å². The normalized spacial score (nSPS) is 14.1. The van der Waals surface area contributed by atoms with Crippen LogP contribution in [0.1, 0.15) is 38.7 Å². The summed E-state index contributed by atoms with van der Waals surface area (Å²) in [5.74, 6) is 1.51. The quantitative estimate of drug-likeness (QED) is 0.516. The molecule has 0 spiro atoms. The summed E-state index contributed by atoms with van der Waals surface area (Å²) in [4.78, 5) is 16.4. The molecular formula is C23H26N6O2. The number of hydrogen-bond donors (Lipinski definition) is 2. The zero-order chi connectivity index (χ0) is 21.8. The number of carbonyl (C=O) groups is 1. The lowest BCUT2D eigenvalue weighted by molar-refractivity contribution is -0.122. The molecule has 4 rings (SSSR count). The first-order chi connectivity index (χ1) is 15.0. The van der Waals surface area contributed by atoms with Crippen molar-refractivity contribution >= 4 is 17.2 Å². The van der Waals surface area contributed by atoms with Gasteiger partial charge in [0.25, 0.3) is 0 Å². The van der Waals surface area contributed by atoms with Crippen molar-refractivity contribution in [3.05, 3.63) is 42.4 Å². The van der Waals surface area contributed by atoms with Gasteiger partial charge < -0.3 is 15.4 Å². The number of nitrogens with one attached hydrogen (secondary N) is 2. The minimum absolute atomic E-state index is 0.109. The van der Waals surface area contributed by atoms with Gasteiger partial charge in [0.05, 0.1) is 30.1 Å². The zero-order valence-corrected chi connectivity index (χ0v) is 17.8. The SMILES string of the molecule is CCOc1cc(-c2ccc(NCCNC(=O)CC3(C)CC3)nc2)c2c(C#N)cnn2c1. The second-order valence-corrected chi connectivity index (χ2v) is 8.18. The van der Waals surface area contributed by atoms with Gasteiger partial charge in [0.2, 0.25) is 5.91 Å². The lowest BCUT2D eigenvalue weighted by atomic mass is 10.1. The molecule has 0 unspecified atom stereocenters. The van der Waals surface area contributed by atoms with E-state index in [-0.39, 0.29) is 11.3 Å². The van der Waals surface area contributed by atoms with E-state index >= 15 is 0 Å². The minimum Gasteiger partial charge on any atom is -0.492 e. The van der Waals surface area contributed by atoms with Gasteiger partial charge in [-0.15, -0.1) is 0 Å². The maximum atomic E-state index is 11.9. The highest BCUT2D eigenvalue weighted by atomic mass is 16.5. The maximum absolute atomic E-state index is 11.9. The van der Waals surface area contributed by atoms with Crippen LogP contribution in [0.15, 0.2) is 36.8 Å². The van der Waals surface area contributed by atoms with Crippen LogP contribution in [0.25, 0.3) is 16.6 Å². The molecule has 31 heavy (non-hydrogen) atoms. The van der Waals surface area contributed by atoms with Gasteiger partial charge >= 0.3 is 0 Å². The molecule has 3 heterocycles. The van der Waals surface area contributed by atoms with Crippen LogP contribution in [0.5, 0.6) is 5.75 Å². The van der Waals surface area contributed by atoms with Crippen LogP contribution in [0.2, 0.25) is 0 Å². The van der Waals surface area contributed by atoms with Gasteiger partial charge in [-0.25, -0.2) is 9.50 Å². The van der Waals surface area contributed by atoms with Crippen molar-refractivity contribution in [1.82, 2.24) is 19.9 Å². The monoisotopic (exact) mass is 418 g/mol. The highest BCUT2D eigenvalue weighted by Crippen LogP contribution is 2.47. The maximum Gasteiger partial charge on any atom is 0.220 e. The molecule has 8 heteroatoms. The number of fused-ring (bicyclic) bond motifs is 1. The molecule has 1 aliphatic rings. The van der Waals surface area contributed by atoms with Crippen molar-refractivity contribution in [1.29, 1.82) is 5.26 Å². The van der Waals surface area contributed by atoms with Crippen LogP contribution in [-0.4, -0.2) is 40.2 Å². The summed E-state index contributed by atoms with van der Waals surface area (Å²) < 4.78 is 7.31. The number of carbonyl (C=O) groups excluding carboxylic acids is 1. The second kappa shape index (κ2) is 8.64. The molecule has 1 aliphatic carbocycles. The Morgan fingerprint density at radius 2 is 2.16 bits per heavy atom. The molecular weight excluding hydrogens is 392 g/mol. The first-order valence-electron chi connectivity index (χ1n) is 10.5. The minimum atomic E-state index is 0.109. The molecule has 0 radical (unpaired) electrons. The van der Waals surface area contributed by atoms with Gasteiger partial charge in [-0.2, -0.15) is 10.4 Å². The van der Waals surface area contributed by atoms with Crippen LogP contribution < -0.4 is 15.4 Å².